The molecule has 192 valence electrons. The number of fused-ring (bicyclic) bond motifs is 1. The molecule has 1 saturated heterocycles. The Morgan fingerprint density at radius 1 is 1.03 bits per heavy atom. The van der Waals surface area contributed by atoms with Crippen LogP contribution >= 0.6 is 0 Å². The highest BCUT2D eigenvalue weighted by Gasteiger charge is 2.18. The summed E-state index contributed by atoms with van der Waals surface area (Å²) in [5, 5.41) is 8.95. The summed E-state index contributed by atoms with van der Waals surface area (Å²) in [4.78, 5) is 15.6. The Labute approximate surface area is 218 Å². The van der Waals surface area contributed by atoms with Gasteiger partial charge in [-0.15, -0.1) is 0 Å². The lowest BCUT2D eigenvalue weighted by molar-refractivity contribution is 0.102. The second-order valence-electron chi connectivity index (χ2n) is 9.81. The van der Waals surface area contributed by atoms with Gasteiger partial charge in [0.25, 0.3) is 5.91 Å². The van der Waals surface area contributed by atoms with E-state index in [0.717, 1.165) is 46.9 Å². The number of hydrogen-bond donors (Lipinski definition) is 1. The third-order valence-electron chi connectivity index (χ3n) is 7.18. The molecule has 0 radical (unpaired) electrons. The minimum atomic E-state index is -0.239. The fraction of sp³-hybridized carbons (Fsp3) is 0.333. The molecule has 5 rings (SSSR count). The molecule has 37 heavy (non-hydrogen) atoms. The largest absolute Gasteiger partial charge is 0.496 e. The van der Waals surface area contributed by atoms with Gasteiger partial charge in [0.2, 0.25) is 0 Å². The minimum absolute atomic E-state index is 0.239. The van der Waals surface area contributed by atoms with Gasteiger partial charge in [-0.05, 0) is 94.7 Å². The van der Waals surface area contributed by atoms with Crippen molar-refractivity contribution in [3.8, 4) is 17.2 Å². The Morgan fingerprint density at radius 3 is 2.57 bits per heavy atom. The first-order valence-electron chi connectivity index (χ1n) is 12.9. The number of amides is 1. The van der Waals surface area contributed by atoms with Crippen LogP contribution in [0.15, 0.2) is 66.7 Å². The number of carbonyl (C=O) groups excluding carboxylic acids is 1. The first kappa shape index (κ1) is 24.8. The summed E-state index contributed by atoms with van der Waals surface area (Å²) in [6, 6.07) is 20.7. The smallest absolute Gasteiger partial charge is 0.259 e. The molecule has 0 aliphatic carbocycles. The van der Waals surface area contributed by atoms with E-state index in [-0.39, 0.29) is 5.91 Å². The Morgan fingerprint density at radius 2 is 1.81 bits per heavy atom. The zero-order chi connectivity index (χ0) is 25.8. The van der Waals surface area contributed by atoms with Gasteiger partial charge in [0.05, 0.1) is 23.9 Å². The SMILES string of the molecule is COc1cc(Oc2ccccc2)ccc1C(=O)Nc1ccc2c(C)nn(CCC3CCN(C)CC3)c2c1. The third kappa shape index (κ3) is 5.78. The van der Waals surface area contributed by atoms with E-state index in [9.17, 15) is 4.79 Å². The second kappa shape index (κ2) is 11.0. The van der Waals surface area contributed by atoms with Gasteiger partial charge in [-0.2, -0.15) is 5.10 Å². The van der Waals surface area contributed by atoms with Gasteiger partial charge < -0.3 is 19.7 Å². The van der Waals surface area contributed by atoms with E-state index in [1.165, 1.54) is 25.9 Å². The summed E-state index contributed by atoms with van der Waals surface area (Å²) in [5.74, 6) is 2.27. The van der Waals surface area contributed by atoms with E-state index >= 15 is 0 Å². The number of anilines is 1. The molecule has 1 aliphatic rings. The minimum Gasteiger partial charge on any atom is -0.496 e. The molecule has 0 unspecified atom stereocenters. The first-order chi connectivity index (χ1) is 18.0. The van der Waals surface area contributed by atoms with Gasteiger partial charge in [-0.3, -0.25) is 9.48 Å². The van der Waals surface area contributed by atoms with Gasteiger partial charge in [0.1, 0.15) is 17.2 Å². The third-order valence-corrected chi connectivity index (χ3v) is 7.18. The first-order valence-corrected chi connectivity index (χ1v) is 12.9. The number of carbonyl (C=O) groups is 1. The van der Waals surface area contributed by atoms with Gasteiger partial charge in [0, 0.05) is 23.7 Å². The van der Waals surface area contributed by atoms with Crippen LogP contribution in [0.3, 0.4) is 0 Å². The Hall–Kier alpha value is -3.84. The Kier molecular flexibility index (Phi) is 7.42. The van der Waals surface area contributed by atoms with Crippen LogP contribution in [0, 0.1) is 12.8 Å². The number of aromatic nitrogens is 2. The maximum Gasteiger partial charge on any atom is 0.259 e. The number of rotatable bonds is 8. The van der Waals surface area contributed by atoms with Crippen molar-refractivity contribution >= 4 is 22.5 Å². The number of piperidine rings is 1. The van der Waals surface area contributed by atoms with Crippen molar-refractivity contribution in [2.75, 3.05) is 32.6 Å². The average Bonchev–Trinajstić information content (AvgIpc) is 3.23. The maximum atomic E-state index is 13.2. The Bertz CT molecular complexity index is 1370. The van der Waals surface area contributed by atoms with Crippen molar-refractivity contribution in [2.45, 2.75) is 32.7 Å². The number of methoxy groups -OCH3 is 1. The zero-order valence-electron chi connectivity index (χ0n) is 21.7. The van der Waals surface area contributed by atoms with Crippen molar-refractivity contribution in [3.05, 3.63) is 78.0 Å². The van der Waals surface area contributed by atoms with E-state index in [1.807, 2.05) is 55.5 Å². The highest BCUT2D eigenvalue weighted by Crippen LogP contribution is 2.30. The zero-order valence-corrected chi connectivity index (χ0v) is 21.7. The molecule has 2 heterocycles. The van der Waals surface area contributed by atoms with Gasteiger partial charge >= 0.3 is 0 Å². The standard InChI is InChI=1S/C30H34N4O3/c1-21-26-11-9-23(19-28(26)34(32-21)18-15-22-13-16-33(2)17-14-22)31-30(35)27-12-10-25(20-29(27)36-3)37-24-7-5-4-6-8-24/h4-12,19-20,22H,13-18H2,1-3H3,(H,31,35). The van der Waals surface area contributed by atoms with Crippen LogP contribution in [0.4, 0.5) is 5.69 Å². The molecule has 7 heteroatoms. The fourth-order valence-electron chi connectivity index (χ4n) is 4.99. The summed E-state index contributed by atoms with van der Waals surface area (Å²) >= 11 is 0. The van der Waals surface area contributed by atoms with Crippen LogP contribution in [0.2, 0.25) is 0 Å². The molecule has 3 aromatic carbocycles. The van der Waals surface area contributed by atoms with E-state index in [0.29, 0.717) is 17.1 Å². The fourth-order valence-corrected chi connectivity index (χ4v) is 4.99. The predicted octanol–water partition coefficient (Wildman–Crippen LogP) is 6.13. The molecule has 7 nitrogen and oxygen atoms in total. The summed E-state index contributed by atoms with van der Waals surface area (Å²) in [6.07, 6.45) is 3.61. The van der Waals surface area contributed by atoms with E-state index in [1.54, 1.807) is 25.3 Å². The lowest BCUT2D eigenvalue weighted by Crippen LogP contribution is -2.30. The molecule has 4 aromatic rings. The highest BCUT2D eigenvalue weighted by atomic mass is 16.5. The molecular weight excluding hydrogens is 464 g/mol. The van der Waals surface area contributed by atoms with Crippen molar-refractivity contribution in [1.82, 2.24) is 14.7 Å². The number of hydrogen-bond acceptors (Lipinski definition) is 5. The van der Waals surface area contributed by atoms with Crippen molar-refractivity contribution in [2.24, 2.45) is 5.92 Å². The molecule has 1 aliphatic heterocycles. The predicted molar refractivity (Wildman–Crippen MR) is 147 cm³/mol. The van der Waals surface area contributed by atoms with E-state index in [2.05, 4.69) is 21.9 Å². The summed E-state index contributed by atoms with van der Waals surface area (Å²) in [7, 11) is 3.75. The lowest BCUT2D eigenvalue weighted by Gasteiger charge is -2.28. The number of ether oxygens (including phenoxy) is 2. The Balaban J connectivity index is 1.30. The normalized spacial score (nSPS) is 14.6. The van der Waals surface area contributed by atoms with Crippen LogP contribution in [0.25, 0.3) is 10.9 Å². The molecular formula is C30H34N4O3. The molecule has 0 atom stereocenters. The topological polar surface area (TPSA) is 68.6 Å². The van der Waals surface area contributed by atoms with Gasteiger partial charge in [0.15, 0.2) is 0 Å². The quantitative estimate of drug-likeness (QED) is 0.317. The summed E-state index contributed by atoms with van der Waals surface area (Å²) in [5.41, 5.74) is 3.22. The van der Waals surface area contributed by atoms with Crippen LogP contribution in [0.1, 0.15) is 35.3 Å². The summed E-state index contributed by atoms with van der Waals surface area (Å²) in [6.45, 7) is 5.26. The summed E-state index contributed by atoms with van der Waals surface area (Å²) < 4.78 is 13.5. The molecule has 1 aromatic heterocycles. The molecule has 0 spiro atoms. The number of nitrogens with zero attached hydrogens (tertiary/aromatic N) is 3. The van der Waals surface area contributed by atoms with Crippen molar-refractivity contribution in [1.29, 1.82) is 0 Å². The number of likely N-dealkylation sites (tertiary alicyclic amines) is 1. The number of para-hydroxylation sites is 1. The molecule has 0 saturated carbocycles. The molecule has 1 amide bonds. The monoisotopic (exact) mass is 498 g/mol. The van der Waals surface area contributed by atoms with Crippen molar-refractivity contribution in [3.63, 3.8) is 0 Å². The van der Waals surface area contributed by atoms with Crippen LogP contribution < -0.4 is 14.8 Å². The van der Waals surface area contributed by atoms with Gasteiger partial charge in [-0.1, -0.05) is 18.2 Å². The van der Waals surface area contributed by atoms with Crippen LogP contribution in [-0.2, 0) is 6.54 Å². The molecule has 1 fully saturated rings. The van der Waals surface area contributed by atoms with Crippen LogP contribution in [0.5, 0.6) is 17.2 Å². The number of benzene rings is 3. The van der Waals surface area contributed by atoms with Crippen molar-refractivity contribution < 1.29 is 14.3 Å². The molecule has 1 N–H and O–H groups in total. The van der Waals surface area contributed by atoms with Gasteiger partial charge in [-0.25, -0.2) is 0 Å². The van der Waals surface area contributed by atoms with E-state index in [4.69, 9.17) is 14.6 Å². The van der Waals surface area contributed by atoms with E-state index < -0.39 is 0 Å². The number of nitrogens with one attached hydrogen (secondary N) is 1. The average molecular weight is 499 g/mol. The lowest BCUT2D eigenvalue weighted by atomic mass is 9.94. The second-order valence-corrected chi connectivity index (χ2v) is 9.81. The number of aryl methyl sites for hydroxylation is 2. The highest BCUT2D eigenvalue weighted by molar-refractivity contribution is 6.07. The molecule has 0 bridgehead atoms. The van der Waals surface area contributed by atoms with Crippen LogP contribution in [-0.4, -0.2) is 47.8 Å². The maximum absolute atomic E-state index is 13.2.